The molecule has 1 unspecified atom stereocenters. The monoisotopic (exact) mass is 300 g/mol. The second-order valence-corrected chi connectivity index (χ2v) is 0. The minimum atomic E-state index is 0. The maximum atomic E-state index is 2.39. The van der Waals surface area contributed by atoms with Crippen molar-refractivity contribution in [3.05, 3.63) is 0 Å². The Morgan fingerprint density at radius 3 is 1.00 bits per heavy atom. The summed E-state index contributed by atoms with van der Waals surface area (Å²) in [4.78, 5) is 0. The Bertz CT molecular complexity index is 6.00. The second-order valence-electron chi connectivity index (χ2n) is 0. The second kappa shape index (κ2) is 22.3. The number of rotatable bonds is 0. The van der Waals surface area contributed by atoms with Crippen LogP contribution in [-0.4, -0.2) is 0 Å². The van der Waals surface area contributed by atoms with Crippen LogP contribution in [-0.2, 0) is 19.3 Å². The Morgan fingerprint density at radius 1 is 1.00 bits per heavy atom. The molecule has 0 bridgehead atoms. The fraction of sp³-hybridized carbons (Fsp3) is 0. The van der Waals surface area contributed by atoms with Crippen LogP contribution in [0.3, 0.4) is 0 Å². The third kappa shape index (κ3) is 9.34. The molecule has 0 heterocycles. The zero-order valence-electron chi connectivity index (χ0n) is 1.71. The summed E-state index contributed by atoms with van der Waals surface area (Å²) in [6, 6.07) is 0. The first kappa shape index (κ1) is 17.3. The van der Waals surface area contributed by atoms with Crippen LogP contribution in [0.15, 0.2) is 0 Å². The van der Waals surface area contributed by atoms with Crippen molar-refractivity contribution in [2.75, 3.05) is 0 Å². The molecule has 0 aliphatic rings. The van der Waals surface area contributed by atoms with Crippen LogP contribution in [0.5, 0.6) is 0 Å². The first-order valence-corrected chi connectivity index (χ1v) is 4.48. The van der Waals surface area contributed by atoms with E-state index in [1.54, 1.807) is 0 Å². The molecule has 0 rings (SSSR count). The molecule has 0 fully saturated rings. The molecule has 0 spiro atoms. The Labute approximate surface area is 51.5 Å². The van der Waals surface area contributed by atoms with Gasteiger partial charge in [0.2, 0.25) is 0 Å². The van der Waals surface area contributed by atoms with Crippen molar-refractivity contribution < 1.29 is 19.3 Å². The number of hydrogen-bond donors (Lipinski definition) is 0. The van der Waals surface area contributed by atoms with E-state index in [4.69, 9.17) is 0 Å². The SMILES string of the molecule is Cl.Cl.[PH2][Pt]. The molecule has 1 atom stereocenters. The molecule has 0 radical (unpaired) electrons. The van der Waals surface area contributed by atoms with Crippen LogP contribution >= 0.6 is 32.1 Å². The maximum absolute atomic E-state index is 2.39. The van der Waals surface area contributed by atoms with Gasteiger partial charge in [-0.1, -0.05) is 0 Å². The molecule has 0 saturated heterocycles. The Morgan fingerprint density at radius 2 is 1.00 bits per heavy atom. The van der Waals surface area contributed by atoms with E-state index >= 15 is 0 Å². The average molecular weight is 301 g/mol. The summed E-state index contributed by atoms with van der Waals surface area (Å²) in [6.07, 6.45) is 0. The Hall–Kier alpha value is 1.70. The standard InChI is InChI=1S/2ClH.H2P.Pt/h2*1H;1H2;/q;;-1;+1. The first-order chi connectivity index (χ1) is 1.00. The van der Waals surface area contributed by atoms with Crippen LogP contribution in [0.2, 0.25) is 0 Å². The third-order valence-corrected chi connectivity index (χ3v) is 0. The van der Waals surface area contributed by atoms with Crippen molar-refractivity contribution in [2.24, 2.45) is 0 Å². The average Bonchev–Trinajstić information content (AvgIpc) is 1.00. The Balaban J connectivity index is -0.00000000500. The van der Waals surface area contributed by atoms with Gasteiger partial charge in [-0.2, -0.15) is 0 Å². The number of halogens is 2. The molecule has 0 nitrogen and oxygen atoms in total. The molecular formula is H4Cl2PPt. The van der Waals surface area contributed by atoms with E-state index in [0.29, 0.717) is 0 Å². The van der Waals surface area contributed by atoms with Crippen LogP contribution in [0, 0.1) is 0 Å². The van der Waals surface area contributed by atoms with Gasteiger partial charge in [0.1, 0.15) is 0 Å². The summed E-state index contributed by atoms with van der Waals surface area (Å²) in [6.45, 7) is 0. The Kier molecular flexibility index (Phi) is 96.2. The summed E-state index contributed by atoms with van der Waals surface area (Å²) < 4.78 is 0. The van der Waals surface area contributed by atoms with Gasteiger partial charge < -0.3 is 0 Å². The molecule has 0 aromatic heterocycles. The molecule has 33 valence electrons. The fourth-order valence-electron chi connectivity index (χ4n) is 0. The zero-order valence-corrected chi connectivity index (χ0v) is 6.77. The van der Waals surface area contributed by atoms with Gasteiger partial charge in [0, 0.05) is 0 Å². The van der Waals surface area contributed by atoms with Gasteiger partial charge in [-0.3, -0.25) is 0 Å². The molecule has 0 aromatic rings. The predicted octanol–water partition coefficient (Wildman–Crippen LogP) is 1.17. The summed E-state index contributed by atoms with van der Waals surface area (Å²) in [5, 5.41) is 0. The minimum absolute atomic E-state index is 0. The summed E-state index contributed by atoms with van der Waals surface area (Å²) in [5.41, 5.74) is 0. The topological polar surface area (TPSA) is 0 Å². The van der Waals surface area contributed by atoms with Gasteiger partial charge in [0.05, 0.1) is 0 Å². The van der Waals surface area contributed by atoms with Crippen molar-refractivity contribution >= 4 is 32.1 Å². The third-order valence-electron chi connectivity index (χ3n) is 0. The van der Waals surface area contributed by atoms with E-state index in [2.05, 4.69) is 26.6 Å². The first-order valence-electron chi connectivity index (χ1n) is 0.183. The molecule has 0 aromatic carbocycles. The quantitative estimate of drug-likeness (QED) is 0.589. The fourth-order valence-corrected chi connectivity index (χ4v) is 0. The van der Waals surface area contributed by atoms with E-state index in [1.165, 1.54) is 0 Å². The molecule has 4 heavy (non-hydrogen) atoms. The summed E-state index contributed by atoms with van der Waals surface area (Å²) in [5.74, 6) is 0. The van der Waals surface area contributed by atoms with E-state index in [1.807, 2.05) is 0 Å². The van der Waals surface area contributed by atoms with Crippen molar-refractivity contribution in [3.8, 4) is 0 Å². The van der Waals surface area contributed by atoms with Gasteiger partial charge in [-0.15, -0.1) is 24.8 Å². The van der Waals surface area contributed by atoms with Crippen molar-refractivity contribution in [3.63, 3.8) is 0 Å². The van der Waals surface area contributed by atoms with Crippen LogP contribution in [0.25, 0.3) is 0 Å². The summed E-state index contributed by atoms with van der Waals surface area (Å²) in [7, 11) is 2.39. The van der Waals surface area contributed by atoms with E-state index in [0.717, 1.165) is 0 Å². The number of hydrogen-bond acceptors (Lipinski definition) is 0. The molecular weight excluding hydrogens is 297 g/mol. The van der Waals surface area contributed by atoms with E-state index in [-0.39, 0.29) is 24.8 Å². The summed E-state index contributed by atoms with van der Waals surface area (Å²) >= 11 is 2.06. The molecule has 0 N–H and O–H groups in total. The van der Waals surface area contributed by atoms with Gasteiger partial charge in [-0.05, 0) is 0 Å². The van der Waals surface area contributed by atoms with E-state index < -0.39 is 0 Å². The van der Waals surface area contributed by atoms with Gasteiger partial charge in [-0.25, -0.2) is 0 Å². The molecule has 0 saturated carbocycles. The zero-order chi connectivity index (χ0) is 2.00. The molecule has 0 amide bonds. The van der Waals surface area contributed by atoms with Gasteiger partial charge >= 0.3 is 26.6 Å². The van der Waals surface area contributed by atoms with Crippen LogP contribution in [0.4, 0.5) is 0 Å². The van der Waals surface area contributed by atoms with E-state index in [9.17, 15) is 0 Å². The van der Waals surface area contributed by atoms with Crippen molar-refractivity contribution in [2.45, 2.75) is 0 Å². The predicted molar refractivity (Wildman–Crippen MR) is 24.2 cm³/mol. The van der Waals surface area contributed by atoms with Crippen LogP contribution in [0.1, 0.15) is 0 Å². The van der Waals surface area contributed by atoms with Crippen molar-refractivity contribution in [1.82, 2.24) is 0 Å². The van der Waals surface area contributed by atoms with Gasteiger partial charge in [0.25, 0.3) is 0 Å². The molecule has 4 heteroatoms. The van der Waals surface area contributed by atoms with Gasteiger partial charge in [0.15, 0.2) is 0 Å². The van der Waals surface area contributed by atoms with Crippen molar-refractivity contribution in [1.29, 1.82) is 0 Å². The normalized spacial score (nSPS) is 1.75. The molecule has 0 aliphatic carbocycles. The van der Waals surface area contributed by atoms with Crippen LogP contribution < -0.4 is 0 Å². The molecule has 0 aliphatic heterocycles.